The third-order valence-corrected chi connectivity index (χ3v) is 5.57. The lowest BCUT2D eigenvalue weighted by Crippen LogP contribution is -2.31. The second-order valence-electron chi connectivity index (χ2n) is 7.69. The summed E-state index contributed by atoms with van der Waals surface area (Å²) in [5.41, 5.74) is 4.95. The number of imide groups is 1. The molecule has 3 aromatic rings. The van der Waals surface area contributed by atoms with Crippen molar-refractivity contribution in [3.63, 3.8) is 0 Å². The minimum absolute atomic E-state index is 0.156. The fourth-order valence-electron chi connectivity index (χ4n) is 3.85. The van der Waals surface area contributed by atoms with Crippen molar-refractivity contribution in [2.45, 2.75) is 39.7 Å². The van der Waals surface area contributed by atoms with Crippen molar-refractivity contribution in [2.75, 3.05) is 11.5 Å². The largest absolute Gasteiger partial charge is 0.494 e. The summed E-state index contributed by atoms with van der Waals surface area (Å²) in [6.45, 7) is 6.82. The van der Waals surface area contributed by atoms with Gasteiger partial charge in [-0.1, -0.05) is 6.92 Å². The minimum Gasteiger partial charge on any atom is -0.494 e. The molecule has 0 bridgehead atoms. The van der Waals surface area contributed by atoms with Crippen molar-refractivity contribution in [1.82, 2.24) is 4.57 Å². The van der Waals surface area contributed by atoms with Crippen LogP contribution in [-0.4, -0.2) is 23.0 Å². The highest BCUT2D eigenvalue weighted by Crippen LogP contribution is 2.32. The van der Waals surface area contributed by atoms with Crippen LogP contribution in [0.5, 0.6) is 5.75 Å². The fourth-order valence-corrected chi connectivity index (χ4v) is 3.85. The molecule has 1 aliphatic heterocycles. The van der Waals surface area contributed by atoms with Crippen LogP contribution in [0.4, 0.5) is 5.69 Å². The Kier molecular flexibility index (Phi) is 4.86. The Balaban J connectivity index is 1.67. The number of aromatic nitrogens is 2. The van der Waals surface area contributed by atoms with Crippen LogP contribution in [0.3, 0.4) is 0 Å². The average Bonchev–Trinajstić information content (AvgIpc) is 3.17. The fraction of sp³-hybridized carbons (Fsp3) is 0.348. The third kappa shape index (κ3) is 3.28. The number of nitrogens with zero attached hydrogens (tertiary/aromatic N) is 3. The minimum atomic E-state index is -0.538. The molecule has 6 heteroatoms. The molecular formula is C23H26N3O3+. The normalized spacial score (nSPS) is 16.8. The van der Waals surface area contributed by atoms with Crippen LogP contribution in [0.15, 0.2) is 42.7 Å². The first kappa shape index (κ1) is 19.2. The lowest BCUT2D eigenvalue weighted by atomic mass is 10.1. The highest BCUT2D eigenvalue weighted by Gasteiger charge is 2.44. The molecule has 0 aliphatic carbocycles. The van der Waals surface area contributed by atoms with E-state index in [0.717, 1.165) is 28.8 Å². The molecule has 2 amide bonds. The molecule has 0 radical (unpaired) electrons. The van der Waals surface area contributed by atoms with Gasteiger partial charge in [-0.15, -0.1) is 0 Å². The summed E-state index contributed by atoms with van der Waals surface area (Å²) >= 11 is 0. The van der Waals surface area contributed by atoms with Gasteiger partial charge >= 0.3 is 0 Å². The van der Waals surface area contributed by atoms with Gasteiger partial charge in [-0.3, -0.25) is 9.59 Å². The second-order valence-corrected chi connectivity index (χ2v) is 7.69. The first-order valence-electron chi connectivity index (χ1n) is 9.97. The molecule has 29 heavy (non-hydrogen) atoms. The van der Waals surface area contributed by atoms with Crippen molar-refractivity contribution in [2.24, 2.45) is 7.05 Å². The van der Waals surface area contributed by atoms with Crippen LogP contribution >= 0.6 is 0 Å². The second kappa shape index (κ2) is 7.35. The van der Waals surface area contributed by atoms with Crippen LogP contribution < -0.4 is 14.2 Å². The molecule has 1 aromatic heterocycles. The highest BCUT2D eigenvalue weighted by atomic mass is 16.5. The van der Waals surface area contributed by atoms with Crippen molar-refractivity contribution < 1.29 is 18.9 Å². The monoisotopic (exact) mass is 392 g/mol. The SMILES string of the molecule is CCCOc1ccc(N2C(=O)CC(n3c[n+](C)c4cc(C)c(C)cc43)C2=O)cc1. The van der Waals surface area contributed by atoms with E-state index in [-0.39, 0.29) is 18.2 Å². The summed E-state index contributed by atoms with van der Waals surface area (Å²) in [7, 11) is 1.96. The van der Waals surface area contributed by atoms with Crippen LogP contribution in [0.2, 0.25) is 0 Å². The van der Waals surface area contributed by atoms with Gasteiger partial charge in [-0.2, -0.15) is 0 Å². The van der Waals surface area contributed by atoms with E-state index in [4.69, 9.17) is 4.74 Å². The molecule has 150 valence electrons. The predicted octanol–water partition coefficient (Wildman–Crippen LogP) is 3.38. The molecule has 4 rings (SSSR count). The molecule has 6 nitrogen and oxygen atoms in total. The average molecular weight is 392 g/mol. The van der Waals surface area contributed by atoms with Gasteiger partial charge in [0.25, 0.3) is 5.91 Å². The lowest BCUT2D eigenvalue weighted by molar-refractivity contribution is -0.645. The van der Waals surface area contributed by atoms with E-state index in [9.17, 15) is 9.59 Å². The summed E-state index contributed by atoms with van der Waals surface area (Å²) < 4.78 is 9.53. The first-order valence-corrected chi connectivity index (χ1v) is 9.97. The summed E-state index contributed by atoms with van der Waals surface area (Å²) in [4.78, 5) is 27.3. The number of benzene rings is 2. The zero-order valence-corrected chi connectivity index (χ0v) is 17.3. The number of hydrogen-bond donors (Lipinski definition) is 0. The quantitative estimate of drug-likeness (QED) is 0.494. The Morgan fingerprint density at radius 2 is 1.79 bits per heavy atom. The Bertz CT molecular complexity index is 1100. The maximum atomic E-state index is 13.2. The summed E-state index contributed by atoms with van der Waals surface area (Å²) in [5.74, 6) is 0.351. The van der Waals surface area contributed by atoms with E-state index in [2.05, 4.69) is 26.0 Å². The van der Waals surface area contributed by atoms with Gasteiger partial charge in [0.2, 0.25) is 12.2 Å². The van der Waals surface area contributed by atoms with Gasteiger partial charge in [0.1, 0.15) is 5.75 Å². The molecule has 0 N–H and O–H groups in total. The summed E-state index contributed by atoms with van der Waals surface area (Å²) in [5, 5.41) is 0. The van der Waals surface area contributed by atoms with E-state index in [0.29, 0.717) is 12.3 Å². The van der Waals surface area contributed by atoms with Crippen molar-refractivity contribution >= 4 is 28.5 Å². The molecule has 2 aromatic carbocycles. The van der Waals surface area contributed by atoms with E-state index < -0.39 is 6.04 Å². The summed E-state index contributed by atoms with van der Waals surface area (Å²) in [6, 6.07) is 10.8. The molecule has 0 saturated carbocycles. The van der Waals surface area contributed by atoms with Gasteiger partial charge in [-0.25, -0.2) is 14.0 Å². The van der Waals surface area contributed by atoms with Gasteiger partial charge in [0, 0.05) is 0 Å². The number of carbonyl (C=O) groups is 2. The van der Waals surface area contributed by atoms with Gasteiger partial charge in [0.05, 0.1) is 25.8 Å². The standard InChI is InChI=1S/C23H26N3O3/c1-5-10-29-18-8-6-17(7-9-18)26-22(27)13-21(23(26)28)25-14-24(4)19-11-15(2)16(3)12-20(19)25/h6-9,11-12,14,21H,5,10,13H2,1-4H3/q+1. The number of aryl methyl sites for hydroxylation is 3. The third-order valence-electron chi connectivity index (χ3n) is 5.57. The van der Waals surface area contributed by atoms with E-state index in [1.165, 1.54) is 10.5 Å². The smallest absolute Gasteiger partial charge is 0.279 e. The van der Waals surface area contributed by atoms with E-state index in [1.54, 1.807) is 24.3 Å². The van der Waals surface area contributed by atoms with Crippen LogP contribution in [-0.2, 0) is 16.6 Å². The Labute approximate surface area is 170 Å². The number of amides is 2. The maximum absolute atomic E-state index is 13.2. The number of ether oxygens (including phenoxy) is 1. The summed E-state index contributed by atoms with van der Waals surface area (Å²) in [6.07, 6.45) is 2.99. The van der Waals surface area contributed by atoms with E-state index in [1.807, 2.05) is 29.4 Å². The number of carbonyl (C=O) groups excluding carboxylic acids is 2. The molecule has 1 aliphatic rings. The van der Waals surface area contributed by atoms with Gasteiger partial charge in [-0.05, 0) is 67.8 Å². The Hall–Kier alpha value is -3.15. The molecule has 1 atom stereocenters. The Morgan fingerprint density at radius 1 is 1.10 bits per heavy atom. The predicted molar refractivity (Wildman–Crippen MR) is 111 cm³/mol. The number of hydrogen-bond acceptors (Lipinski definition) is 3. The number of anilines is 1. The van der Waals surface area contributed by atoms with Crippen LogP contribution in [0.1, 0.15) is 36.9 Å². The molecule has 1 saturated heterocycles. The lowest BCUT2D eigenvalue weighted by Gasteiger charge is -2.15. The van der Waals surface area contributed by atoms with Crippen molar-refractivity contribution in [3.05, 3.63) is 53.9 Å². The molecule has 0 spiro atoms. The first-order chi connectivity index (χ1) is 13.9. The topological polar surface area (TPSA) is 55.4 Å². The molecule has 1 unspecified atom stereocenters. The maximum Gasteiger partial charge on any atom is 0.279 e. The molecular weight excluding hydrogens is 366 g/mol. The molecule has 1 fully saturated rings. The zero-order chi connectivity index (χ0) is 20.7. The van der Waals surface area contributed by atoms with Gasteiger partial charge in [0.15, 0.2) is 17.1 Å². The van der Waals surface area contributed by atoms with Crippen molar-refractivity contribution in [3.8, 4) is 5.75 Å². The highest BCUT2D eigenvalue weighted by molar-refractivity contribution is 6.21. The van der Waals surface area contributed by atoms with Gasteiger partial charge < -0.3 is 4.74 Å². The number of imidazole rings is 1. The van der Waals surface area contributed by atoms with Crippen LogP contribution in [0.25, 0.3) is 11.0 Å². The van der Waals surface area contributed by atoms with E-state index >= 15 is 0 Å². The number of rotatable bonds is 5. The van der Waals surface area contributed by atoms with Crippen LogP contribution in [0, 0.1) is 13.8 Å². The molecule has 2 heterocycles. The Morgan fingerprint density at radius 3 is 2.48 bits per heavy atom. The number of fused-ring (bicyclic) bond motifs is 1. The van der Waals surface area contributed by atoms with Crippen molar-refractivity contribution in [1.29, 1.82) is 0 Å². The zero-order valence-electron chi connectivity index (χ0n) is 17.3.